The van der Waals surface area contributed by atoms with Crippen molar-refractivity contribution in [2.45, 2.75) is 13.0 Å². The highest BCUT2D eigenvalue weighted by Crippen LogP contribution is 2.29. The molecule has 0 radical (unpaired) electrons. The van der Waals surface area contributed by atoms with Crippen LogP contribution < -0.4 is 10.6 Å². The molecule has 7 nitrogen and oxygen atoms in total. The Balaban J connectivity index is 1.32. The van der Waals surface area contributed by atoms with Crippen molar-refractivity contribution in [3.05, 3.63) is 81.3 Å². The van der Waals surface area contributed by atoms with Gasteiger partial charge in [0.25, 0.3) is 11.8 Å². The molecule has 31 heavy (non-hydrogen) atoms. The standard InChI is InChI=1S/C22H19ClN4O3S/c23-16-8-6-14(7-9-16)20(29)24-12-19(28)26-22-25-17-10-11-27(13-18(17)31-22)21(30)15-4-2-1-3-5-15/h1-9H,10-13H2,(H,24,29)(H,25,26,28). The van der Waals surface area contributed by atoms with Crippen molar-refractivity contribution < 1.29 is 14.4 Å². The number of fused-ring (bicyclic) bond motifs is 1. The molecule has 2 N–H and O–H groups in total. The number of nitrogens with zero attached hydrogens (tertiary/aromatic N) is 2. The van der Waals surface area contributed by atoms with Crippen LogP contribution in [-0.4, -0.2) is 40.7 Å². The summed E-state index contributed by atoms with van der Waals surface area (Å²) in [6, 6.07) is 15.6. The summed E-state index contributed by atoms with van der Waals surface area (Å²) in [7, 11) is 0. The second kappa shape index (κ2) is 9.28. The van der Waals surface area contributed by atoms with Crippen molar-refractivity contribution in [2.24, 2.45) is 0 Å². The molecule has 0 saturated heterocycles. The fourth-order valence-corrected chi connectivity index (χ4v) is 4.38. The van der Waals surface area contributed by atoms with Gasteiger partial charge in [-0.1, -0.05) is 41.1 Å². The number of hydrogen-bond acceptors (Lipinski definition) is 5. The number of amides is 3. The summed E-state index contributed by atoms with van der Waals surface area (Å²) in [5.74, 6) is -0.749. The van der Waals surface area contributed by atoms with Crippen molar-refractivity contribution in [3.63, 3.8) is 0 Å². The minimum absolute atomic E-state index is 0.0184. The molecule has 3 amide bonds. The van der Waals surface area contributed by atoms with Crippen LogP contribution in [0.1, 0.15) is 31.3 Å². The van der Waals surface area contributed by atoms with Gasteiger partial charge in [0.05, 0.1) is 18.8 Å². The molecule has 0 spiro atoms. The molecule has 1 aliphatic rings. The molecular weight excluding hydrogens is 436 g/mol. The van der Waals surface area contributed by atoms with E-state index in [0.29, 0.717) is 40.8 Å². The number of carbonyl (C=O) groups excluding carboxylic acids is 3. The minimum atomic E-state index is -0.370. The molecule has 2 aromatic carbocycles. The van der Waals surface area contributed by atoms with Crippen molar-refractivity contribution in [1.29, 1.82) is 0 Å². The van der Waals surface area contributed by atoms with Crippen LogP contribution in [0.2, 0.25) is 5.02 Å². The number of thiazole rings is 1. The van der Waals surface area contributed by atoms with Crippen LogP contribution in [0.3, 0.4) is 0 Å². The SMILES string of the molecule is O=C(CNC(=O)c1ccc(Cl)cc1)Nc1nc2c(s1)CN(C(=O)c1ccccc1)CC2. The number of nitrogens with one attached hydrogen (secondary N) is 2. The Morgan fingerprint density at radius 1 is 1.03 bits per heavy atom. The topological polar surface area (TPSA) is 91.4 Å². The number of rotatable bonds is 5. The van der Waals surface area contributed by atoms with E-state index >= 15 is 0 Å². The number of carbonyl (C=O) groups is 3. The average Bonchev–Trinajstić information content (AvgIpc) is 3.19. The third-order valence-electron chi connectivity index (χ3n) is 4.80. The predicted molar refractivity (Wildman–Crippen MR) is 119 cm³/mol. The minimum Gasteiger partial charge on any atom is -0.343 e. The Bertz CT molecular complexity index is 1120. The molecule has 4 rings (SSSR count). The zero-order valence-corrected chi connectivity index (χ0v) is 18.0. The molecule has 158 valence electrons. The number of benzene rings is 2. The second-order valence-electron chi connectivity index (χ2n) is 6.97. The first-order valence-corrected chi connectivity index (χ1v) is 10.9. The van der Waals surface area contributed by atoms with Gasteiger partial charge < -0.3 is 15.5 Å². The average molecular weight is 455 g/mol. The Labute approximate surface area is 188 Å². The molecule has 1 aliphatic heterocycles. The first-order valence-electron chi connectivity index (χ1n) is 9.66. The highest BCUT2D eigenvalue weighted by molar-refractivity contribution is 7.15. The van der Waals surface area contributed by atoms with E-state index in [4.69, 9.17) is 11.6 Å². The van der Waals surface area contributed by atoms with Crippen LogP contribution in [0, 0.1) is 0 Å². The molecule has 0 aliphatic carbocycles. The zero-order valence-electron chi connectivity index (χ0n) is 16.4. The van der Waals surface area contributed by atoms with Crippen molar-refractivity contribution in [1.82, 2.24) is 15.2 Å². The van der Waals surface area contributed by atoms with E-state index in [1.54, 1.807) is 41.3 Å². The van der Waals surface area contributed by atoms with Gasteiger partial charge in [-0.2, -0.15) is 0 Å². The first kappa shape index (κ1) is 21.0. The van der Waals surface area contributed by atoms with Crippen LogP contribution in [0.4, 0.5) is 5.13 Å². The van der Waals surface area contributed by atoms with Crippen molar-refractivity contribution in [3.8, 4) is 0 Å². The Morgan fingerprint density at radius 3 is 2.52 bits per heavy atom. The van der Waals surface area contributed by atoms with Gasteiger partial charge in [0.15, 0.2) is 5.13 Å². The molecule has 9 heteroatoms. The van der Waals surface area contributed by atoms with Crippen molar-refractivity contribution in [2.75, 3.05) is 18.4 Å². The van der Waals surface area contributed by atoms with Crippen LogP contribution in [-0.2, 0) is 17.8 Å². The normalized spacial score (nSPS) is 12.7. The highest BCUT2D eigenvalue weighted by Gasteiger charge is 2.25. The lowest BCUT2D eigenvalue weighted by molar-refractivity contribution is -0.115. The van der Waals surface area contributed by atoms with E-state index in [1.165, 1.54) is 11.3 Å². The number of anilines is 1. The van der Waals surface area contributed by atoms with Crippen LogP contribution in [0.25, 0.3) is 0 Å². The van der Waals surface area contributed by atoms with Gasteiger partial charge in [0.2, 0.25) is 5.91 Å². The van der Waals surface area contributed by atoms with Crippen LogP contribution in [0.15, 0.2) is 54.6 Å². The molecular formula is C22H19ClN4O3S. The number of aromatic nitrogens is 1. The second-order valence-corrected chi connectivity index (χ2v) is 8.49. The lowest BCUT2D eigenvalue weighted by Gasteiger charge is -2.26. The third-order valence-corrected chi connectivity index (χ3v) is 6.05. The van der Waals surface area contributed by atoms with E-state index < -0.39 is 0 Å². The Kier molecular flexibility index (Phi) is 6.29. The van der Waals surface area contributed by atoms with Gasteiger partial charge >= 0.3 is 0 Å². The van der Waals surface area contributed by atoms with Gasteiger partial charge in [-0.3, -0.25) is 14.4 Å². The summed E-state index contributed by atoms with van der Waals surface area (Å²) in [5, 5.41) is 6.29. The monoisotopic (exact) mass is 454 g/mol. The third kappa shape index (κ3) is 5.10. The summed E-state index contributed by atoms with van der Waals surface area (Å²) in [6.45, 7) is 0.864. The van der Waals surface area contributed by atoms with Gasteiger partial charge in [0, 0.05) is 34.0 Å². The quantitative estimate of drug-likeness (QED) is 0.618. The maximum absolute atomic E-state index is 12.7. The molecule has 0 unspecified atom stereocenters. The first-order chi connectivity index (χ1) is 15.0. The summed E-state index contributed by atoms with van der Waals surface area (Å²) in [5.41, 5.74) is 1.97. The molecule has 0 atom stereocenters. The molecule has 0 fully saturated rings. The highest BCUT2D eigenvalue weighted by atomic mass is 35.5. The lowest BCUT2D eigenvalue weighted by atomic mass is 10.1. The number of halogens is 1. The van der Waals surface area contributed by atoms with Gasteiger partial charge in [-0.15, -0.1) is 0 Å². The van der Waals surface area contributed by atoms with E-state index in [2.05, 4.69) is 15.6 Å². The largest absolute Gasteiger partial charge is 0.343 e. The fourth-order valence-electron chi connectivity index (χ4n) is 3.21. The van der Waals surface area contributed by atoms with Crippen LogP contribution in [0.5, 0.6) is 0 Å². The van der Waals surface area contributed by atoms with E-state index in [0.717, 1.165) is 10.6 Å². The zero-order chi connectivity index (χ0) is 21.8. The van der Waals surface area contributed by atoms with Gasteiger partial charge in [-0.05, 0) is 36.4 Å². The summed E-state index contributed by atoms with van der Waals surface area (Å²) < 4.78 is 0. The van der Waals surface area contributed by atoms with E-state index in [9.17, 15) is 14.4 Å². The summed E-state index contributed by atoms with van der Waals surface area (Å²) in [6.07, 6.45) is 0.633. The molecule has 2 heterocycles. The fraction of sp³-hybridized carbons (Fsp3) is 0.182. The van der Waals surface area contributed by atoms with Crippen molar-refractivity contribution >= 4 is 45.8 Å². The maximum Gasteiger partial charge on any atom is 0.254 e. The van der Waals surface area contributed by atoms with Gasteiger partial charge in [0.1, 0.15) is 0 Å². The Hall–Kier alpha value is -3.23. The Morgan fingerprint density at radius 2 is 1.77 bits per heavy atom. The van der Waals surface area contributed by atoms with Crippen LogP contribution >= 0.6 is 22.9 Å². The summed E-state index contributed by atoms with van der Waals surface area (Å²) >= 11 is 7.16. The molecule has 0 saturated carbocycles. The maximum atomic E-state index is 12.7. The molecule has 3 aromatic rings. The molecule has 0 bridgehead atoms. The van der Waals surface area contributed by atoms with E-state index in [1.807, 2.05) is 18.2 Å². The lowest BCUT2D eigenvalue weighted by Crippen LogP contribution is -2.35. The predicted octanol–water partition coefficient (Wildman–Crippen LogP) is 3.36. The van der Waals surface area contributed by atoms with E-state index in [-0.39, 0.29) is 24.3 Å². The number of hydrogen-bond donors (Lipinski definition) is 2. The summed E-state index contributed by atoms with van der Waals surface area (Å²) in [4.78, 5) is 44.2. The molecule has 1 aromatic heterocycles. The van der Waals surface area contributed by atoms with Gasteiger partial charge in [-0.25, -0.2) is 4.98 Å². The smallest absolute Gasteiger partial charge is 0.254 e.